The summed E-state index contributed by atoms with van der Waals surface area (Å²) in [5.74, 6) is -1.32. The van der Waals surface area contributed by atoms with Gasteiger partial charge in [-0.2, -0.15) is 0 Å². The molecule has 1 N–H and O–H groups in total. The number of hydrogen-bond donors (Lipinski definition) is 1. The summed E-state index contributed by atoms with van der Waals surface area (Å²) in [5, 5.41) is 8.35. The number of rotatable bonds is 6. The molecule has 80 valence electrons. The van der Waals surface area contributed by atoms with Crippen LogP contribution in [0.5, 0.6) is 0 Å². The number of carboxylic acid groups (broad SMARTS) is 1. The van der Waals surface area contributed by atoms with Crippen molar-refractivity contribution in [2.75, 3.05) is 13.1 Å². The van der Waals surface area contributed by atoms with E-state index in [2.05, 4.69) is 0 Å². The number of nitrogens with zero attached hydrogens (tertiary/aromatic N) is 1. The Morgan fingerprint density at radius 3 is 2.00 bits per heavy atom. The van der Waals surface area contributed by atoms with E-state index < -0.39 is 5.97 Å². The van der Waals surface area contributed by atoms with Crippen LogP contribution >= 0.6 is 0 Å². The predicted octanol–water partition coefficient (Wildman–Crippen LogP) is 1.28. The van der Waals surface area contributed by atoms with Crippen LogP contribution in [0.4, 0.5) is 0 Å². The first kappa shape index (κ1) is 12.7. The van der Waals surface area contributed by atoms with Gasteiger partial charge in [0.2, 0.25) is 5.91 Å². The molecule has 0 unspecified atom stereocenters. The van der Waals surface area contributed by atoms with E-state index in [1.165, 1.54) is 0 Å². The third kappa shape index (κ3) is 5.35. The first-order chi connectivity index (χ1) is 6.61. The highest BCUT2D eigenvalue weighted by atomic mass is 16.4. The van der Waals surface area contributed by atoms with Crippen molar-refractivity contribution in [2.45, 2.75) is 26.7 Å². The smallest absolute Gasteiger partial charge is 0.328 e. The van der Waals surface area contributed by atoms with Crippen LogP contribution in [0.1, 0.15) is 26.7 Å². The van der Waals surface area contributed by atoms with Gasteiger partial charge >= 0.3 is 5.97 Å². The Bertz CT molecular complexity index is 217. The summed E-state index contributed by atoms with van der Waals surface area (Å²) in [6.07, 6.45) is 3.74. The van der Waals surface area contributed by atoms with E-state index in [0.29, 0.717) is 13.1 Å². The molecule has 0 bridgehead atoms. The van der Waals surface area contributed by atoms with Crippen LogP contribution in [0.25, 0.3) is 0 Å². The lowest BCUT2D eigenvalue weighted by Gasteiger charge is -2.19. The zero-order chi connectivity index (χ0) is 11.0. The Balaban J connectivity index is 4.20. The van der Waals surface area contributed by atoms with Crippen molar-refractivity contribution in [3.8, 4) is 0 Å². The molecule has 0 spiro atoms. The van der Waals surface area contributed by atoms with Gasteiger partial charge in [0, 0.05) is 25.2 Å². The molecule has 0 saturated heterocycles. The molecule has 4 nitrogen and oxygen atoms in total. The third-order valence-corrected chi connectivity index (χ3v) is 1.67. The molecule has 0 saturated carbocycles. The molecule has 1 amide bonds. The fourth-order valence-corrected chi connectivity index (χ4v) is 1.12. The van der Waals surface area contributed by atoms with Crippen molar-refractivity contribution in [2.24, 2.45) is 0 Å². The van der Waals surface area contributed by atoms with Gasteiger partial charge in [-0.1, -0.05) is 13.8 Å². The van der Waals surface area contributed by atoms with Gasteiger partial charge in [0.1, 0.15) is 0 Å². The Labute approximate surface area is 84.2 Å². The maximum atomic E-state index is 11.4. The molecular formula is C10H17NO3. The summed E-state index contributed by atoms with van der Waals surface area (Å²) in [4.78, 5) is 23.2. The largest absolute Gasteiger partial charge is 0.478 e. The molecular weight excluding hydrogens is 182 g/mol. The van der Waals surface area contributed by atoms with Gasteiger partial charge < -0.3 is 10.0 Å². The highest BCUT2D eigenvalue weighted by Gasteiger charge is 2.07. The number of amides is 1. The van der Waals surface area contributed by atoms with Crippen LogP contribution in [0, 0.1) is 0 Å². The summed E-state index contributed by atoms with van der Waals surface area (Å²) in [5.41, 5.74) is 0. The third-order valence-electron chi connectivity index (χ3n) is 1.67. The van der Waals surface area contributed by atoms with E-state index in [-0.39, 0.29) is 5.91 Å². The average Bonchev–Trinajstić information content (AvgIpc) is 2.14. The molecule has 0 aliphatic carbocycles. The zero-order valence-electron chi connectivity index (χ0n) is 8.69. The Morgan fingerprint density at radius 1 is 1.14 bits per heavy atom. The lowest BCUT2D eigenvalue weighted by Crippen LogP contribution is -2.31. The topological polar surface area (TPSA) is 57.6 Å². The van der Waals surface area contributed by atoms with Crippen LogP contribution in [-0.2, 0) is 9.59 Å². The van der Waals surface area contributed by atoms with Crippen molar-refractivity contribution in [1.82, 2.24) is 4.90 Å². The van der Waals surface area contributed by atoms with E-state index in [1.807, 2.05) is 13.8 Å². The van der Waals surface area contributed by atoms with E-state index in [0.717, 1.165) is 25.0 Å². The predicted molar refractivity (Wildman–Crippen MR) is 53.9 cm³/mol. The van der Waals surface area contributed by atoms with Crippen molar-refractivity contribution < 1.29 is 14.7 Å². The van der Waals surface area contributed by atoms with Gasteiger partial charge in [-0.05, 0) is 12.8 Å². The quantitative estimate of drug-likeness (QED) is 0.655. The molecule has 14 heavy (non-hydrogen) atoms. The van der Waals surface area contributed by atoms with Gasteiger partial charge in [0.15, 0.2) is 0 Å². The van der Waals surface area contributed by atoms with Gasteiger partial charge in [0.25, 0.3) is 0 Å². The normalized spacial score (nSPS) is 10.4. The minimum absolute atomic E-state index is 0.226. The lowest BCUT2D eigenvalue weighted by molar-refractivity contribution is -0.132. The second kappa shape index (κ2) is 7.12. The van der Waals surface area contributed by atoms with Crippen molar-refractivity contribution >= 4 is 11.9 Å². The molecule has 0 aromatic carbocycles. The number of carbonyl (C=O) groups is 2. The summed E-state index contributed by atoms with van der Waals surface area (Å²) in [6, 6.07) is 0. The molecule has 0 aliphatic rings. The fourth-order valence-electron chi connectivity index (χ4n) is 1.12. The van der Waals surface area contributed by atoms with Crippen LogP contribution in [0.15, 0.2) is 12.2 Å². The highest BCUT2D eigenvalue weighted by molar-refractivity contribution is 5.93. The molecule has 0 fully saturated rings. The monoisotopic (exact) mass is 199 g/mol. The number of carboxylic acids is 1. The van der Waals surface area contributed by atoms with Crippen molar-refractivity contribution in [3.05, 3.63) is 12.2 Å². The minimum Gasteiger partial charge on any atom is -0.478 e. The molecule has 0 atom stereocenters. The fraction of sp³-hybridized carbons (Fsp3) is 0.600. The maximum absolute atomic E-state index is 11.4. The average molecular weight is 199 g/mol. The van der Waals surface area contributed by atoms with Crippen LogP contribution < -0.4 is 0 Å². The minimum atomic E-state index is -1.09. The Morgan fingerprint density at radius 2 is 1.64 bits per heavy atom. The second-order valence-corrected chi connectivity index (χ2v) is 3.00. The molecule has 4 heteroatoms. The molecule has 0 radical (unpaired) electrons. The molecule has 0 aromatic rings. The standard InChI is InChI=1S/C10H17NO3/c1-3-7-11(8-4-2)9(12)5-6-10(13)14/h5-6H,3-4,7-8H2,1-2H3,(H,13,14)/b6-5-. The molecule has 0 aromatic heterocycles. The maximum Gasteiger partial charge on any atom is 0.328 e. The Kier molecular flexibility index (Phi) is 6.45. The van der Waals surface area contributed by atoms with Gasteiger partial charge in [-0.3, -0.25) is 4.79 Å². The molecule has 0 heterocycles. The number of hydrogen-bond acceptors (Lipinski definition) is 2. The van der Waals surface area contributed by atoms with Crippen LogP contribution in [-0.4, -0.2) is 35.0 Å². The number of carbonyl (C=O) groups excluding carboxylic acids is 1. The van der Waals surface area contributed by atoms with Crippen molar-refractivity contribution in [1.29, 1.82) is 0 Å². The van der Waals surface area contributed by atoms with E-state index in [9.17, 15) is 9.59 Å². The van der Waals surface area contributed by atoms with Crippen molar-refractivity contribution in [3.63, 3.8) is 0 Å². The number of aliphatic carboxylic acids is 1. The van der Waals surface area contributed by atoms with Crippen LogP contribution in [0.3, 0.4) is 0 Å². The van der Waals surface area contributed by atoms with E-state index >= 15 is 0 Å². The zero-order valence-corrected chi connectivity index (χ0v) is 8.69. The molecule has 0 rings (SSSR count). The second-order valence-electron chi connectivity index (χ2n) is 3.00. The Hall–Kier alpha value is -1.32. The van der Waals surface area contributed by atoms with E-state index in [4.69, 9.17) is 5.11 Å². The first-order valence-electron chi connectivity index (χ1n) is 4.81. The van der Waals surface area contributed by atoms with Crippen LogP contribution in [0.2, 0.25) is 0 Å². The first-order valence-corrected chi connectivity index (χ1v) is 4.81. The van der Waals surface area contributed by atoms with Gasteiger partial charge in [-0.25, -0.2) is 4.79 Å². The summed E-state index contributed by atoms with van der Waals surface area (Å²) < 4.78 is 0. The van der Waals surface area contributed by atoms with Gasteiger partial charge in [-0.15, -0.1) is 0 Å². The van der Waals surface area contributed by atoms with Gasteiger partial charge in [0.05, 0.1) is 0 Å². The summed E-state index contributed by atoms with van der Waals surface area (Å²) >= 11 is 0. The lowest BCUT2D eigenvalue weighted by atomic mass is 10.3. The summed E-state index contributed by atoms with van der Waals surface area (Å²) in [7, 11) is 0. The van der Waals surface area contributed by atoms with E-state index in [1.54, 1.807) is 4.90 Å². The summed E-state index contributed by atoms with van der Waals surface area (Å²) in [6.45, 7) is 5.32. The highest BCUT2D eigenvalue weighted by Crippen LogP contribution is 1.96. The SMILES string of the molecule is CCCN(CCC)C(=O)/C=C\C(=O)O. The molecule has 0 aliphatic heterocycles.